The normalized spacial score (nSPS) is 16.5. The van der Waals surface area contributed by atoms with Gasteiger partial charge in [0.25, 0.3) is 0 Å². The summed E-state index contributed by atoms with van der Waals surface area (Å²) in [7, 11) is 0. The fourth-order valence-corrected chi connectivity index (χ4v) is 2.76. The van der Waals surface area contributed by atoms with Crippen LogP contribution in [0.1, 0.15) is 12.5 Å². The van der Waals surface area contributed by atoms with Crippen molar-refractivity contribution in [2.75, 3.05) is 31.2 Å². The molecule has 2 aromatic rings. The lowest BCUT2D eigenvalue weighted by Crippen LogP contribution is -2.36. The van der Waals surface area contributed by atoms with Crippen molar-refractivity contribution in [1.29, 1.82) is 0 Å². The SMILES string of the molecule is C=CC(=C(C)N=C)c1cc(N2CCOCC2)c2nccn2c1. The van der Waals surface area contributed by atoms with Crippen molar-refractivity contribution < 1.29 is 4.74 Å². The zero-order valence-corrected chi connectivity index (χ0v) is 12.8. The van der Waals surface area contributed by atoms with Gasteiger partial charge < -0.3 is 14.0 Å². The highest BCUT2D eigenvalue weighted by Crippen LogP contribution is 2.28. The molecule has 2 aromatic heterocycles. The Morgan fingerprint density at radius 3 is 2.86 bits per heavy atom. The number of allylic oxidation sites excluding steroid dienone is 3. The number of hydrogen-bond donors (Lipinski definition) is 0. The fraction of sp³-hybridized carbons (Fsp3) is 0.294. The average molecular weight is 296 g/mol. The quantitative estimate of drug-likeness (QED) is 0.643. The summed E-state index contributed by atoms with van der Waals surface area (Å²) in [5, 5.41) is 0. The first kappa shape index (κ1) is 14.5. The molecule has 0 unspecified atom stereocenters. The smallest absolute Gasteiger partial charge is 0.160 e. The van der Waals surface area contributed by atoms with Crippen molar-refractivity contribution in [3.8, 4) is 0 Å². The van der Waals surface area contributed by atoms with Gasteiger partial charge in [0.15, 0.2) is 5.65 Å². The number of ether oxygens (including phenoxy) is 1. The predicted molar refractivity (Wildman–Crippen MR) is 90.6 cm³/mol. The molecule has 0 amide bonds. The van der Waals surface area contributed by atoms with Crippen molar-refractivity contribution in [2.24, 2.45) is 4.99 Å². The van der Waals surface area contributed by atoms with Crippen LogP contribution in [0, 0.1) is 0 Å². The van der Waals surface area contributed by atoms with Crippen LogP contribution in [-0.2, 0) is 4.74 Å². The topological polar surface area (TPSA) is 42.1 Å². The van der Waals surface area contributed by atoms with Gasteiger partial charge in [-0.15, -0.1) is 0 Å². The molecule has 1 aliphatic heterocycles. The molecular weight excluding hydrogens is 276 g/mol. The maximum atomic E-state index is 5.45. The number of nitrogens with zero attached hydrogens (tertiary/aromatic N) is 4. The average Bonchev–Trinajstić information content (AvgIpc) is 3.04. The largest absolute Gasteiger partial charge is 0.378 e. The molecule has 1 saturated heterocycles. The molecule has 0 N–H and O–H groups in total. The summed E-state index contributed by atoms with van der Waals surface area (Å²) in [6.07, 6.45) is 7.66. The van der Waals surface area contributed by atoms with E-state index in [9.17, 15) is 0 Å². The van der Waals surface area contributed by atoms with Crippen LogP contribution in [0.25, 0.3) is 11.2 Å². The van der Waals surface area contributed by atoms with Crippen LogP contribution in [0.3, 0.4) is 0 Å². The standard InChI is InChI=1S/C17H20N4O/c1-4-15(13(2)18-3)14-11-16(20-7-9-22-10-8-20)17-19-5-6-21(17)12-14/h4-6,11-12H,1,3,7-10H2,2H3. The van der Waals surface area contributed by atoms with Crippen LogP contribution in [0.5, 0.6) is 0 Å². The van der Waals surface area contributed by atoms with Gasteiger partial charge in [-0.25, -0.2) is 4.98 Å². The summed E-state index contributed by atoms with van der Waals surface area (Å²) in [4.78, 5) is 10.8. The minimum absolute atomic E-state index is 0.745. The minimum Gasteiger partial charge on any atom is -0.378 e. The van der Waals surface area contributed by atoms with E-state index in [1.807, 2.05) is 29.8 Å². The third kappa shape index (κ3) is 2.55. The Bertz CT molecular complexity index is 738. The number of morpholine rings is 1. The van der Waals surface area contributed by atoms with E-state index in [4.69, 9.17) is 4.74 Å². The third-order valence-electron chi connectivity index (χ3n) is 3.96. The van der Waals surface area contributed by atoms with E-state index in [2.05, 4.69) is 40.4 Å². The molecule has 3 rings (SSSR count). The minimum atomic E-state index is 0.745. The molecule has 0 spiro atoms. The molecule has 0 aromatic carbocycles. The van der Waals surface area contributed by atoms with Crippen molar-refractivity contribution in [1.82, 2.24) is 9.38 Å². The monoisotopic (exact) mass is 296 g/mol. The molecule has 22 heavy (non-hydrogen) atoms. The summed E-state index contributed by atoms with van der Waals surface area (Å²) in [6.45, 7) is 12.7. The molecule has 0 aliphatic carbocycles. The predicted octanol–water partition coefficient (Wildman–Crippen LogP) is 2.79. The van der Waals surface area contributed by atoms with E-state index < -0.39 is 0 Å². The molecular formula is C17H20N4O. The Hall–Kier alpha value is -2.40. The van der Waals surface area contributed by atoms with Crippen LogP contribution in [0.15, 0.2) is 48.0 Å². The van der Waals surface area contributed by atoms with Gasteiger partial charge in [-0.3, -0.25) is 4.99 Å². The summed E-state index contributed by atoms with van der Waals surface area (Å²) in [6, 6.07) is 2.15. The Kier molecular flexibility index (Phi) is 4.06. The highest BCUT2D eigenvalue weighted by molar-refractivity contribution is 5.81. The Morgan fingerprint density at radius 1 is 1.41 bits per heavy atom. The second-order valence-electron chi connectivity index (χ2n) is 5.23. The van der Waals surface area contributed by atoms with Gasteiger partial charge in [-0.1, -0.05) is 12.7 Å². The van der Waals surface area contributed by atoms with Crippen LogP contribution >= 0.6 is 0 Å². The Morgan fingerprint density at radius 2 is 2.18 bits per heavy atom. The molecule has 5 nitrogen and oxygen atoms in total. The van der Waals surface area contributed by atoms with Gasteiger partial charge in [0.2, 0.25) is 0 Å². The molecule has 0 radical (unpaired) electrons. The zero-order valence-electron chi connectivity index (χ0n) is 12.8. The fourth-order valence-electron chi connectivity index (χ4n) is 2.76. The van der Waals surface area contributed by atoms with Crippen LogP contribution in [0.2, 0.25) is 0 Å². The molecule has 1 aliphatic rings. The molecule has 5 heteroatoms. The van der Waals surface area contributed by atoms with E-state index in [0.29, 0.717) is 0 Å². The number of anilines is 1. The third-order valence-corrected chi connectivity index (χ3v) is 3.96. The summed E-state index contributed by atoms with van der Waals surface area (Å²) >= 11 is 0. The van der Waals surface area contributed by atoms with Crippen LogP contribution in [-0.4, -0.2) is 42.4 Å². The van der Waals surface area contributed by atoms with E-state index in [-0.39, 0.29) is 0 Å². The van der Waals surface area contributed by atoms with Crippen LogP contribution < -0.4 is 4.90 Å². The zero-order chi connectivity index (χ0) is 15.5. The lowest BCUT2D eigenvalue weighted by molar-refractivity contribution is 0.123. The van der Waals surface area contributed by atoms with Crippen molar-refractivity contribution in [3.63, 3.8) is 0 Å². The Labute approximate surface area is 130 Å². The number of imidazole rings is 1. The van der Waals surface area contributed by atoms with Crippen molar-refractivity contribution in [3.05, 3.63) is 48.6 Å². The van der Waals surface area contributed by atoms with Gasteiger partial charge in [0.05, 0.1) is 18.9 Å². The second-order valence-corrected chi connectivity index (χ2v) is 5.23. The first-order chi connectivity index (χ1) is 10.7. The van der Waals surface area contributed by atoms with Gasteiger partial charge in [0, 0.05) is 48.5 Å². The highest BCUT2D eigenvalue weighted by Gasteiger charge is 2.17. The number of fused-ring (bicyclic) bond motifs is 1. The molecule has 1 fully saturated rings. The van der Waals surface area contributed by atoms with Crippen molar-refractivity contribution >= 4 is 23.6 Å². The van der Waals surface area contributed by atoms with Crippen molar-refractivity contribution in [2.45, 2.75) is 6.92 Å². The highest BCUT2D eigenvalue weighted by atomic mass is 16.5. The number of pyridine rings is 1. The first-order valence-corrected chi connectivity index (χ1v) is 7.34. The number of rotatable bonds is 4. The maximum absolute atomic E-state index is 5.45. The van der Waals surface area contributed by atoms with E-state index in [1.54, 1.807) is 0 Å². The summed E-state index contributed by atoms with van der Waals surface area (Å²) in [5.41, 5.74) is 4.98. The lowest BCUT2D eigenvalue weighted by Gasteiger charge is -2.29. The number of hydrogen-bond acceptors (Lipinski definition) is 4. The molecule has 3 heterocycles. The van der Waals surface area contributed by atoms with Gasteiger partial charge in [0.1, 0.15) is 0 Å². The van der Waals surface area contributed by atoms with E-state index in [0.717, 1.165) is 54.5 Å². The van der Waals surface area contributed by atoms with Crippen LogP contribution in [0.4, 0.5) is 5.69 Å². The maximum Gasteiger partial charge on any atom is 0.160 e. The first-order valence-electron chi connectivity index (χ1n) is 7.34. The van der Waals surface area contributed by atoms with Gasteiger partial charge in [-0.05, 0) is 19.7 Å². The molecule has 114 valence electrons. The number of aromatic nitrogens is 2. The van der Waals surface area contributed by atoms with E-state index >= 15 is 0 Å². The number of aliphatic imine (C=N–C) groups is 1. The van der Waals surface area contributed by atoms with Gasteiger partial charge in [-0.2, -0.15) is 0 Å². The summed E-state index contributed by atoms with van der Waals surface area (Å²) < 4.78 is 7.49. The lowest BCUT2D eigenvalue weighted by atomic mass is 10.1. The van der Waals surface area contributed by atoms with Gasteiger partial charge >= 0.3 is 0 Å². The molecule has 0 atom stereocenters. The Balaban J connectivity index is 2.16. The summed E-state index contributed by atoms with van der Waals surface area (Å²) in [5.74, 6) is 0. The van der Waals surface area contributed by atoms with E-state index in [1.165, 1.54) is 0 Å². The molecule has 0 saturated carbocycles. The molecule has 0 bridgehead atoms. The second kappa shape index (κ2) is 6.15.